The zero-order valence-electron chi connectivity index (χ0n) is 15.2. The van der Waals surface area contributed by atoms with Crippen molar-refractivity contribution >= 4 is 28.9 Å². The smallest absolute Gasteiger partial charge is 0.361 e. The molecular formula is C16H17N5O7. The van der Waals surface area contributed by atoms with Crippen LogP contribution < -0.4 is 5.32 Å². The molecule has 0 radical (unpaired) electrons. The van der Waals surface area contributed by atoms with Gasteiger partial charge in [0.2, 0.25) is 0 Å². The van der Waals surface area contributed by atoms with E-state index in [1.54, 1.807) is 20.8 Å². The maximum Gasteiger partial charge on any atom is 0.361 e. The van der Waals surface area contributed by atoms with Crippen LogP contribution in [0.15, 0.2) is 24.4 Å². The number of ether oxygens (including phenoxy) is 1. The zero-order chi connectivity index (χ0) is 21.0. The van der Waals surface area contributed by atoms with E-state index in [0.717, 1.165) is 18.2 Å². The average molecular weight is 391 g/mol. The van der Waals surface area contributed by atoms with Crippen LogP contribution in [0.5, 0.6) is 0 Å². The summed E-state index contributed by atoms with van der Waals surface area (Å²) in [6.45, 7) is 5.46. The van der Waals surface area contributed by atoms with Crippen molar-refractivity contribution in [3.8, 4) is 0 Å². The molecule has 0 atom stereocenters. The molecule has 12 heteroatoms. The van der Waals surface area contributed by atoms with Crippen LogP contribution in [0.25, 0.3) is 0 Å². The standard InChI is InChI=1S/C16H17N5O7/c1-4-19-8-13(14(18-19)16(23)28-9(2)3)17-15(22)10-5-11(20(24)25)7-12(6-10)21(26)27/h5-9H,4H2,1-3H3,(H,17,22). The molecule has 148 valence electrons. The summed E-state index contributed by atoms with van der Waals surface area (Å²) in [4.78, 5) is 45.0. The maximum absolute atomic E-state index is 12.5. The minimum Gasteiger partial charge on any atom is -0.458 e. The van der Waals surface area contributed by atoms with Gasteiger partial charge in [-0.25, -0.2) is 4.79 Å². The van der Waals surface area contributed by atoms with Gasteiger partial charge in [0.15, 0.2) is 5.69 Å². The molecule has 0 saturated carbocycles. The van der Waals surface area contributed by atoms with Crippen molar-refractivity contribution < 1.29 is 24.2 Å². The molecule has 1 amide bonds. The average Bonchev–Trinajstić information content (AvgIpc) is 3.03. The molecule has 1 aromatic carbocycles. The Bertz CT molecular complexity index is 919. The number of rotatable bonds is 7. The highest BCUT2D eigenvalue weighted by atomic mass is 16.6. The number of anilines is 1. The van der Waals surface area contributed by atoms with Crippen LogP contribution in [0.3, 0.4) is 0 Å². The summed E-state index contributed by atoms with van der Waals surface area (Å²) >= 11 is 0. The first-order valence-electron chi connectivity index (χ1n) is 8.16. The van der Waals surface area contributed by atoms with Crippen LogP contribution in [0.1, 0.15) is 41.6 Å². The van der Waals surface area contributed by atoms with Gasteiger partial charge in [0, 0.05) is 24.9 Å². The van der Waals surface area contributed by atoms with E-state index in [1.165, 1.54) is 10.9 Å². The fraction of sp³-hybridized carbons (Fsp3) is 0.312. The molecule has 0 saturated heterocycles. The molecule has 1 aromatic heterocycles. The minimum absolute atomic E-state index is 0.0201. The number of esters is 1. The Morgan fingerprint density at radius 3 is 2.21 bits per heavy atom. The lowest BCUT2D eigenvalue weighted by Gasteiger charge is -2.08. The van der Waals surface area contributed by atoms with E-state index in [4.69, 9.17) is 4.74 Å². The topological polar surface area (TPSA) is 160 Å². The van der Waals surface area contributed by atoms with Crippen molar-refractivity contribution in [2.45, 2.75) is 33.4 Å². The molecule has 12 nitrogen and oxygen atoms in total. The predicted octanol–water partition coefficient (Wildman–Crippen LogP) is 2.54. The van der Waals surface area contributed by atoms with Crippen molar-refractivity contribution in [2.75, 3.05) is 5.32 Å². The Labute approximate surface area is 158 Å². The molecule has 0 bridgehead atoms. The number of benzene rings is 1. The number of nitro groups is 2. The summed E-state index contributed by atoms with van der Waals surface area (Å²) < 4.78 is 6.47. The number of nitrogens with one attached hydrogen (secondary N) is 1. The van der Waals surface area contributed by atoms with E-state index in [2.05, 4.69) is 10.4 Å². The summed E-state index contributed by atoms with van der Waals surface area (Å²) in [5.41, 5.74) is -1.66. The molecule has 0 aliphatic carbocycles. The Balaban J connectivity index is 2.39. The van der Waals surface area contributed by atoms with Gasteiger partial charge in [0.1, 0.15) is 0 Å². The summed E-state index contributed by atoms with van der Waals surface area (Å²) in [7, 11) is 0. The van der Waals surface area contributed by atoms with Crippen LogP contribution in [-0.2, 0) is 11.3 Å². The van der Waals surface area contributed by atoms with Gasteiger partial charge in [-0.05, 0) is 20.8 Å². The first-order chi connectivity index (χ1) is 13.1. The Kier molecular flexibility index (Phi) is 6.03. The molecule has 1 N–H and O–H groups in total. The van der Waals surface area contributed by atoms with Gasteiger partial charge in [-0.3, -0.25) is 29.7 Å². The van der Waals surface area contributed by atoms with Gasteiger partial charge in [-0.2, -0.15) is 5.10 Å². The van der Waals surface area contributed by atoms with Gasteiger partial charge in [-0.15, -0.1) is 0 Å². The first-order valence-corrected chi connectivity index (χ1v) is 8.16. The van der Waals surface area contributed by atoms with E-state index in [-0.39, 0.29) is 16.9 Å². The molecule has 0 aliphatic rings. The number of carbonyl (C=O) groups is 2. The number of hydrogen-bond donors (Lipinski definition) is 1. The van der Waals surface area contributed by atoms with Crippen LogP contribution >= 0.6 is 0 Å². The SMILES string of the molecule is CCn1cc(NC(=O)c2cc([N+](=O)[O-])cc([N+](=O)[O-])c2)c(C(=O)OC(C)C)n1. The molecule has 0 unspecified atom stereocenters. The van der Waals surface area contributed by atoms with E-state index in [9.17, 15) is 29.8 Å². The van der Waals surface area contributed by atoms with Crippen molar-refractivity contribution in [2.24, 2.45) is 0 Å². The second-order valence-corrected chi connectivity index (χ2v) is 5.91. The maximum atomic E-state index is 12.5. The van der Waals surface area contributed by atoms with Crippen LogP contribution in [0.4, 0.5) is 17.1 Å². The van der Waals surface area contributed by atoms with Crippen LogP contribution in [-0.4, -0.2) is 37.6 Å². The predicted molar refractivity (Wildman–Crippen MR) is 96.2 cm³/mol. The fourth-order valence-corrected chi connectivity index (χ4v) is 2.23. The van der Waals surface area contributed by atoms with Gasteiger partial charge in [0.25, 0.3) is 17.3 Å². The molecule has 0 aliphatic heterocycles. The Hall–Kier alpha value is -3.83. The number of nitro benzene ring substituents is 2. The fourth-order valence-electron chi connectivity index (χ4n) is 2.23. The largest absolute Gasteiger partial charge is 0.458 e. The van der Waals surface area contributed by atoms with Crippen LogP contribution in [0, 0.1) is 20.2 Å². The number of amides is 1. The van der Waals surface area contributed by atoms with Crippen molar-refractivity contribution in [1.82, 2.24) is 9.78 Å². The minimum atomic E-state index is -0.874. The van der Waals surface area contributed by atoms with Gasteiger partial charge in [-0.1, -0.05) is 0 Å². The third-order valence-electron chi connectivity index (χ3n) is 3.46. The van der Waals surface area contributed by atoms with Gasteiger partial charge >= 0.3 is 5.97 Å². The number of nitrogens with zero attached hydrogens (tertiary/aromatic N) is 4. The van der Waals surface area contributed by atoms with Crippen molar-refractivity contribution in [3.05, 3.63) is 55.9 Å². The zero-order valence-corrected chi connectivity index (χ0v) is 15.2. The van der Waals surface area contributed by atoms with E-state index < -0.39 is 39.2 Å². The van der Waals surface area contributed by atoms with Crippen molar-refractivity contribution in [1.29, 1.82) is 0 Å². The third-order valence-corrected chi connectivity index (χ3v) is 3.46. The third kappa shape index (κ3) is 4.66. The highest BCUT2D eigenvalue weighted by Gasteiger charge is 2.24. The lowest BCUT2D eigenvalue weighted by Crippen LogP contribution is -2.17. The molecule has 1 heterocycles. The second-order valence-electron chi connectivity index (χ2n) is 5.91. The number of aryl methyl sites for hydroxylation is 1. The Morgan fingerprint density at radius 2 is 1.75 bits per heavy atom. The molecule has 2 rings (SSSR count). The molecule has 2 aromatic rings. The normalized spacial score (nSPS) is 10.6. The monoisotopic (exact) mass is 391 g/mol. The van der Waals surface area contributed by atoms with Crippen molar-refractivity contribution in [3.63, 3.8) is 0 Å². The van der Waals surface area contributed by atoms with Gasteiger partial charge in [0.05, 0.1) is 33.3 Å². The molecule has 0 fully saturated rings. The first kappa shape index (κ1) is 20.5. The van der Waals surface area contributed by atoms with E-state index in [0.29, 0.717) is 6.54 Å². The molecule has 0 spiro atoms. The van der Waals surface area contributed by atoms with E-state index in [1.807, 2.05) is 0 Å². The summed E-state index contributed by atoms with van der Waals surface area (Å²) in [6, 6.07) is 2.55. The molecule has 28 heavy (non-hydrogen) atoms. The van der Waals surface area contributed by atoms with Crippen LogP contribution in [0.2, 0.25) is 0 Å². The molecular weight excluding hydrogens is 374 g/mol. The lowest BCUT2D eigenvalue weighted by atomic mass is 10.1. The summed E-state index contributed by atoms with van der Waals surface area (Å²) in [5.74, 6) is -1.64. The number of aromatic nitrogens is 2. The summed E-state index contributed by atoms with van der Waals surface area (Å²) in [6.07, 6.45) is 0.975. The highest BCUT2D eigenvalue weighted by Crippen LogP contribution is 2.24. The number of carbonyl (C=O) groups excluding carboxylic acids is 2. The number of non-ortho nitro benzene ring substituents is 2. The Morgan fingerprint density at radius 1 is 1.18 bits per heavy atom. The second kappa shape index (κ2) is 8.24. The number of hydrogen-bond acceptors (Lipinski definition) is 8. The summed E-state index contributed by atoms with van der Waals surface area (Å²) in [5, 5.41) is 28.4. The quantitative estimate of drug-likeness (QED) is 0.428. The lowest BCUT2D eigenvalue weighted by molar-refractivity contribution is -0.394. The van der Waals surface area contributed by atoms with Gasteiger partial charge < -0.3 is 10.1 Å². The highest BCUT2D eigenvalue weighted by molar-refractivity contribution is 6.08. The van der Waals surface area contributed by atoms with E-state index >= 15 is 0 Å².